The first-order valence-electron chi connectivity index (χ1n) is 9.80. The maximum atomic E-state index is 13.1. The van der Waals surface area contributed by atoms with E-state index in [9.17, 15) is 9.59 Å². The Kier molecular flexibility index (Phi) is 6.88. The molecule has 6 heteroatoms. The fourth-order valence-corrected chi connectivity index (χ4v) is 3.81. The highest BCUT2D eigenvalue weighted by atomic mass is 16.5. The van der Waals surface area contributed by atoms with Crippen LogP contribution >= 0.6 is 0 Å². The predicted octanol–water partition coefficient (Wildman–Crippen LogP) is 2.62. The first kappa shape index (κ1) is 20.9. The van der Waals surface area contributed by atoms with Crippen molar-refractivity contribution in [1.82, 2.24) is 10.2 Å². The number of nitrogens with zero attached hydrogens (tertiary/aromatic N) is 1. The number of rotatable bonds is 7. The van der Waals surface area contributed by atoms with Crippen molar-refractivity contribution in [3.8, 4) is 5.75 Å². The molecule has 6 nitrogen and oxygen atoms in total. The van der Waals surface area contributed by atoms with Crippen LogP contribution in [-0.4, -0.2) is 57.2 Å². The molecule has 154 valence electrons. The van der Waals surface area contributed by atoms with Gasteiger partial charge in [-0.05, 0) is 36.2 Å². The molecule has 1 aliphatic rings. The normalized spacial score (nSPS) is 18.5. The van der Waals surface area contributed by atoms with Gasteiger partial charge in [-0.1, -0.05) is 30.3 Å². The number of hydrogen-bond donors (Lipinski definition) is 1. The summed E-state index contributed by atoms with van der Waals surface area (Å²) in [6.45, 7) is 3.73. The van der Waals surface area contributed by atoms with E-state index in [1.807, 2.05) is 55.5 Å². The van der Waals surface area contributed by atoms with E-state index in [1.54, 1.807) is 19.1 Å². The predicted molar refractivity (Wildman–Crippen MR) is 111 cm³/mol. The van der Waals surface area contributed by atoms with Crippen LogP contribution in [0.5, 0.6) is 5.75 Å². The van der Waals surface area contributed by atoms with Gasteiger partial charge in [-0.2, -0.15) is 0 Å². The minimum Gasteiger partial charge on any atom is -0.497 e. The van der Waals surface area contributed by atoms with E-state index in [0.717, 1.165) is 16.9 Å². The second-order valence-corrected chi connectivity index (χ2v) is 7.30. The van der Waals surface area contributed by atoms with Crippen molar-refractivity contribution < 1.29 is 19.1 Å². The lowest BCUT2D eigenvalue weighted by Crippen LogP contribution is -2.37. The van der Waals surface area contributed by atoms with Crippen LogP contribution in [0.1, 0.15) is 27.4 Å². The summed E-state index contributed by atoms with van der Waals surface area (Å²) < 4.78 is 10.3. The highest BCUT2D eigenvalue weighted by molar-refractivity contribution is 5.96. The van der Waals surface area contributed by atoms with Gasteiger partial charge in [0.15, 0.2) is 0 Å². The number of amides is 2. The van der Waals surface area contributed by atoms with Gasteiger partial charge < -0.3 is 19.7 Å². The monoisotopic (exact) mass is 396 g/mol. The Hall–Kier alpha value is -2.86. The molecule has 1 fully saturated rings. The molecule has 0 aromatic heterocycles. The summed E-state index contributed by atoms with van der Waals surface area (Å²) in [5, 5.41) is 2.93. The van der Waals surface area contributed by atoms with E-state index >= 15 is 0 Å². The minimum absolute atomic E-state index is 0.0335. The SMILES string of the molecule is COCCNC(=O)[C@H]1CN(C(=O)c2ccccc2C)C[C@@H]1c1ccc(OC)cc1. The van der Waals surface area contributed by atoms with Crippen molar-refractivity contribution in [2.75, 3.05) is 40.5 Å². The molecule has 2 atom stereocenters. The summed E-state index contributed by atoms with van der Waals surface area (Å²) in [6.07, 6.45) is 0. The van der Waals surface area contributed by atoms with E-state index in [2.05, 4.69) is 5.32 Å². The third-order valence-corrected chi connectivity index (χ3v) is 5.47. The van der Waals surface area contributed by atoms with Gasteiger partial charge in [-0.15, -0.1) is 0 Å². The zero-order valence-electron chi connectivity index (χ0n) is 17.2. The van der Waals surface area contributed by atoms with Crippen LogP contribution in [0.15, 0.2) is 48.5 Å². The number of methoxy groups -OCH3 is 2. The lowest BCUT2D eigenvalue weighted by Gasteiger charge is -2.18. The van der Waals surface area contributed by atoms with E-state index in [4.69, 9.17) is 9.47 Å². The van der Waals surface area contributed by atoms with E-state index < -0.39 is 0 Å². The molecule has 0 radical (unpaired) electrons. The third-order valence-electron chi connectivity index (χ3n) is 5.47. The number of ether oxygens (including phenoxy) is 2. The van der Waals surface area contributed by atoms with Crippen LogP contribution in [0.2, 0.25) is 0 Å². The molecule has 1 aliphatic heterocycles. The molecule has 29 heavy (non-hydrogen) atoms. The number of benzene rings is 2. The Labute approximate surface area is 171 Å². The molecule has 0 bridgehead atoms. The zero-order valence-corrected chi connectivity index (χ0v) is 17.2. The molecule has 0 aliphatic carbocycles. The number of likely N-dealkylation sites (tertiary alicyclic amines) is 1. The van der Waals surface area contributed by atoms with E-state index in [-0.39, 0.29) is 23.7 Å². The van der Waals surface area contributed by atoms with Crippen LogP contribution < -0.4 is 10.1 Å². The summed E-state index contributed by atoms with van der Waals surface area (Å²) in [6, 6.07) is 15.3. The lowest BCUT2D eigenvalue weighted by molar-refractivity contribution is -0.125. The van der Waals surface area contributed by atoms with Crippen molar-refractivity contribution >= 4 is 11.8 Å². The van der Waals surface area contributed by atoms with Crippen LogP contribution in [-0.2, 0) is 9.53 Å². The molecule has 2 amide bonds. The fourth-order valence-electron chi connectivity index (χ4n) is 3.81. The topological polar surface area (TPSA) is 67.9 Å². The fraction of sp³-hybridized carbons (Fsp3) is 0.391. The molecule has 0 unspecified atom stereocenters. The van der Waals surface area contributed by atoms with E-state index in [1.165, 1.54) is 0 Å². The first-order valence-corrected chi connectivity index (χ1v) is 9.80. The quantitative estimate of drug-likeness (QED) is 0.731. The van der Waals surface area contributed by atoms with Crippen molar-refractivity contribution in [3.05, 3.63) is 65.2 Å². The number of carbonyl (C=O) groups is 2. The first-order chi connectivity index (χ1) is 14.0. The summed E-state index contributed by atoms with van der Waals surface area (Å²) in [5.41, 5.74) is 2.64. The van der Waals surface area contributed by atoms with Gasteiger partial charge in [-0.3, -0.25) is 9.59 Å². The van der Waals surface area contributed by atoms with Crippen LogP contribution in [0.25, 0.3) is 0 Å². The van der Waals surface area contributed by atoms with Gasteiger partial charge in [0.2, 0.25) is 5.91 Å². The van der Waals surface area contributed by atoms with Crippen molar-refractivity contribution in [3.63, 3.8) is 0 Å². The third kappa shape index (κ3) is 4.77. The van der Waals surface area contributed by atoms with Gasteiger partial charge >= 0.3 is 0 Å². The molecular weight excluding hydrogens is 368 g/mol. The summed E-state index contributed by atoms with van der Waals surface area (Å²) >= 11 is 0. The zero-order chi connectivity index (χ0) is 20.8. The summed E-state index contributed by atoms with van der Waals surface area (Å²) in [5.74, 6) is 0.294. The van der Waals surface area contributed by atoms with Crippen LogP contribution in [0, 0.1) is 12.8 Å². The smallest absolute Gasteiger partial charge is 0.254 e. The molecule has 1 N–H and O–H groups in total. The Morgan fingerprint density at radius 2 is 1.79 bits per heavy atom. The lowest BCUT2D eigenvalue weighted by atomic mass is 9.88. The standard InChI is InChI=1S/C23H28N2O4/c1-16-6-4-5-7-19(16)23(27)25-14-20(17-8-10-18(29-3)11-9-17)21(15-25)22(26)24-12-13-28-2/h4-11,20-21H,12-15H2,1-3H3,(H,24,26)/t20-,21+/m1/s1. The average Bonchev–Trinajstić information content (AvgIpc) is 3.19. The molecule has 2 aromatic carbocycles. The maximum Gasteiger partial charge on any atom is 0.254 e. The van der Waals surface area contributed by atoms with Gasteiger partial charge in [0.25, 0.3) is 5.91 Å². The number of carbonyl (C=O) groups excluding carboxylic acids is 2. The molecule has 1 saturated heterocycles. The highest BCUT2D eigenvalue weighted by Gasteiger charge is 2.40. The Bertz CT molecular complexity index is 850. The molecule has 2 aromatic rings. The Balaban J connectivity index is 1.83. The van der Waals surface area contributed by atoms with E-state index in [0.29, 0.717) is 31.8 Å². The molecule has 3 rings (SSSR count). The second kappa shape index (κ2) is 9.56. The van der Waals surface area contributed by atoms with Crippen molar-refractivity contribution in [1.29, 1.82) is 0 Å². The average molecular weight is 396 g/mol. The number of hydrogen-bond acceptors (Lipinski definition) is 4. The molecule has 0 spiro atoms. The Morgan fingerprint density at radius 3 is 2.45 bits per heavy atom. The van der Waals surface area contributed by atoms with Crippen molar-refractivity contribution in [2.45, 2.75) is 12.8 Å². The van der Waals surface area contributed by atoms with Crippen LogP contribution in [0.3, 0.4) is 0 Å². The Morgan fingerprint density at radius 1 is 1.07 bits per heavy atom. The summed E-state index contributed by atoms with van der Waals surface area (Å²) in [7, 11) is 3.23. The van der Waals surface area contributed by atoms with Crippen LogP contribution in [0.4, 0.5) is 0 Å². The van der Waals surface area contributed by atoms with Gasteiger partial charge in [0.1, 0.15) is 5.75 Å². The maximum absolute atomic E-state index is 13.1. The molecular formula is C23H28N2O4. The summed E-state index contributed by atoms with van der Waals surface area (Å²) in [4.78, 5) is 27.8. The minimum atomic E-state index is -0.312. The molecule has 0 saturated carbocycles. The van der Waals surface area contributed by atoms with Crippen molar-refractivity contribution in [2.24, 2.45) is 5.92 Å². The molecule has 1 heterocycles. The number of aryl methyl sites for hydroxylation is 1. The highest BCUT2D eigenvalue weighted by Crippen LogP contribution is 2.34. The van der Waals surface area contributed by atoms with Gasteiger partial charge in [-0.25, -0.2) is 0 Å². The number of nitrogens with one attached hydrogen (secondary N) is 1. The van der Waals surface area contributed by atoms with Gasteiger partial charge in [0, 0.05) is 38.2 Å². The second-order valence-electron chi connectivity index (χ2n) is 7.30. The largest absolute Gasteiger partial charge is 0.497 e. The van der Waals surface area contributed by atoms with Gasteiger partial charge in [0.05, 0.1) is 19.6 Å².